The minimum absolute atomic E-state index is 0.417. The van der Waals surface area contributed by atoms with Crippen LogP contribution in [-0.4, -0.2) is 50.3 Å². The Morgan fingerprint density at radius 2 is 1.53 bits per heavy atom. The predicted octanol–water partition coefficient (Wildman–Crippen LogP) is 6.35. The number of hydrogen-bond acceptors (Lipinski definition) is 4. The maximum Gasteiger partial charge on any atom is 0.412 e. The molecule has 178 valence electrons. The molecule has 0 saturated carbocycles. The molecule has 0 unspecified atom stereocenters. The number of amides is 1. The van der Waals surface area contributed by atoms with E-state index in [2.05, 4.69) is 27.2 Å². The Bertz CT molecular complexity index is 1070. The van der Waals surface area contributed by atoms with Crippen LogP contribution in [0.4, 0.5) is 10.5 Å². The van der Waals surface area contributed by atoms with Crippen LogP contribution < -0.4 is 15.0 Å². The van der Waals surface area contributed by atoms with Crippen molar-refractivity contribution in [2.24, 2.45) is 0 Å². The van der Waals surface area contributed by atoms with Crippen molar-refractivity contribution in [1.29, 1.82) is 0 Å². The summed E-state index contributed by atoms with van der Waals surface area (Å²) >= 11 is 12.5. The molecule has 0 aliphatic carbocycles. The second kappa shape index (κ2) is 12.1. The lowest BCUT2D eigenvalue weighted by atomic mass is 10.1. The van der Waals surface area contributed by atoms with Crippen molar-refractivity contribution in [2.75, 3.05) is 44.2 Å². The van der Waals surface area contributed by atoms with Gasteiger partial charge in [0.1, 0.15) is 5.75 Å². The highest BCUT2D eigenvalue weighted by Crippen LogP contribution is 2.32. The summed E-state index contributed by atoms with van der Waals surface area (Å²) in [6.45, 7) is 5.42. The van der Waals surface area contributed by atoms with Crippen molar-refractivity contribution < 1.29 is 9.53 Å². The van der Waals surface area contributed by atoms with Gasteiger partial charge in [-0.25, -0.2) is 4.79 Å². The Morgan fingerprint density at radius 1 is 0.824 bits per heavy atom. The average Bonchev–Trinajstić information content (AvgIpc) is 2.87. The molecule has 0 spiro atoms. The van der Waals surface area contributed by atoms with E-state index in [0.29, 0.717) is 22.3 Å². The van der Waals surface area contributed by atoms with Crippen molar-refractivity contribution in [3.63, 3.8) is 0 Å². The van der Waals surface area contributed by atoms with Gasteiger partial charge in [-0.1, -0.05) is 71.7 Å². The van der Waals surface area contributed by atoms with Gasteiger partial charge >= 0.3 is 6.09 Å². The van der Waals surface area contributed by atoms with Gasteiger partial charge in [0, 0.05) is 32.7 Å². The number of nitrogens with one attached hydrogen (secondary N) is 1. The third kappa shape index (κ3) is 6.66. The number of nitrogens with zero attached hydrogens (tertiary/aromatic N) is 2. The molecule has 1 fully saturated rings. The first kappa shape index (κ1) is 24.4. The molecule has 1 aliphatic rings. The number of carbonyl (C=O) groups is 1. The van der Waals surface area contributed by atoms with E-state index in [0.717, 1.165) is 62.4 Å². The number of hydrogen-bond donors (Lipinski definition) is 1. The second-order valence-electron chi connectivity index (χ2n) is 8.32. The molecule has 3 aromatic rings. The first-order valence-corrected chi connectivity index (χ1v) is 12.4. The highest BCUT2D eigenvalue weighted by atomic mass is 35.5. The molecule has 1 heterocycles. The molecular formula is C27H29Cl2N3O2. The lowest BCUT2D eigenvalue weighted by Crippen LogP contribution is -2.46. The van der Waals surface area contributed by atoms with Gasteiger partial charge in [-0.3, -0.25) is 4.90 Å². The van der Waals surface area contributed by atoms with Gasteiger partial charge < -0.3 is 15.0 Å². The van der Waals surface area contributed by atoms with Crippen LogP contribution in [0.15, 0.2) is 72.8 Å². The molecule has 0 bridgehead atoms. The average molecular weight is 498 g/mol. The fraction of sp³-hybridized carbons (Fsp3) is 0.296. The zero-order valence-corrected chi connectivity index (χ0v) is 20.6. The summed E-state index contributed by atoms with van der Waals surface area (Å²) in [7, 11) is 0. The van der Waals surface area contributed by atoms with Crippen LogP contribution in [-0.2, 0) is 0 Å². The highest BCUT2D eigenvalue weighted by molar-refractivity contribution is 6.43. The molecule has 5 nitrogen and oxygen atoms in total. The lowest BCUT2D eigenvalue weighted by Gasteiger charge is -2.36. The molecule has 7 heteroatoms. The number of ether oxygens (including phenoxy) is 1. The molecule has 1 saturated heterocycles. The molecule has 0 atom stereocenters. The zero-order chi connectivity index (χ0) is 23.8. The minimum Gasteiger partial charge on any atom is -0.410 e. The summed E-state index contributed by atoms with van der Waals surface area (Å²) in [5, 5.41) is 4.06. The summed E-state index contributed by atoms with van der Waals surface area (Å²) < 4.78 is 5.39. The SMILES string of the molecule is O=C(NCCCCN1CCN(c2cccc(Cl)c2Cl)CC1)Oc1ccc(-c2ccccc2)cc1. The van der Waals surface area contributed by atoms with Gasteiger partial charge in [-0.05, 0) is 54.8 Å². The van der Waals surface area contributed by atoms with Crippen LogP contribution in [0.3, 0.4) is 0 Å². The Hall–Kier alpha value is -2.73. The molecule has 3 aromatic carbocycles. The number of carbonyl (C=O) groups excluding carboxylic acids is 1. The van der Waals surface area contributed by atoms with Gasteiger partial charge in [0.05, 0.1) is 15.7 Å². The van der Waals surface area contributed by atoms with Gasteiger partial charge in [0.15, 0.2) is 0 Å². The number of benzene rings is 3. The van der Waals surface area contributed by atoms with Crippen molar-refractivity contribution in [1.82, 2.24) is 10.2 Å². The van der Waals surface area contributed by atoms with Crippen LogP contribution in [0.5, 0.6) is 5.75 Å². The maximum absolute atomic E-state index is 12.1. The number of halogens is 2. The topological polar surface area (TPSA) is 44.8 Å². The van der Waals surface area contributed by atoms with Crippen LogP contribution in [0, 0.1) is 0 Å². The molecular weight excluding hydrogens is 469 g/mol. The van der Waals surface area contributed by atoms with E-state index in [1.54, 1.807) is 0 Å². The van der Waals surface area contributed by atoms with E-state index in [-0.39, 0.29) is 0 Å². The third-order valence-corrected chi connectivity index (χ3v) is 6.80. The second-order valence-corrected chi connectivity index (χ2v) is 9.10. The van der Waals surface area contributed by atoms with E-state index >= 15 is 0 Å². The molecule has 1 amide bonds. The molecule has 0 radical (unpaired) electrons. The van der Waals surface area contributed by atoms with Crippen LogP contribution >= 0.6 is 23.2 Å². The van der Waals surface area contributed by atoms with E-state index in [4.69, 9.17) is 27.9 Å². The number of piperazine rings is 1. The normalized spacial score (nSPS) is 14.1. The fourth-order valence-corrected chi connectivity index (χ4v) is 4.50. The molecule has 4 rings (SSSR count). The number of unbranched alkanes of at least 4 members (excludes halogenated alkanes) is 1. The highest BCUT2D eigenvalue weighted by Gasteiger charge is 2.19. The largest absolute Gasteiger partial charge is 0.412 e. The first-order valence-electron chi connectivity index (χ1n) is 11.6. The van der Waals surface area contributed by atoms with E-state index in [1.807, 2.05) is 60.7 Å². The molecule has 1 aliphatic heterocycles. The van der Waals surface area contributed by atoms with Gasteiger partial charge in [-0.2, -0.15) is 0 Å². The van der Waals surface area contributed by atoms with E-state index < -0.39 is 6.09 Å². The van der Waals surface area contributed by atoms with Crippen LogP contribution in [0.25, 0.3) is 11.1 Å². The monoisotopic (exact) mass is 497 g/mol. The summed E-state index contributed by atoms with van der Waals surface area (Å²) in [4.78, 5) is 16.8. The van der Waals surface area contributed by atoms with Gasteiger partial charge in [0.2, 0.25) is 0 Å². The summed E-state index contributed by atoms with van der Waals surface area (Å²) in [6.07, 6.45) is 1.51. The van der Waals surface area contributed by atoms with Crippen molar-refractivity contribution in [2.45, 2.75) is 12.8 Å². The summed E-state index contributed by atoms with van der Waals surface area (Å²) in [6, 6.07) is 23.4. The smallest absolute Gasteiger partial charge is 0.410 e. The summed E-state index contributed by atoms with van der Waals surface area (Å²) in [5.41, 5.74) is 3.23. The predicted molar refractivity (Wildman–Crippen MR) is 140 cm³/mol. The Balaban J connectivity index is 1.11. The zero-order valence-electron chi connectivity index (χ0n) is 19.1. The quantitative estimate of drug-likeness (QED) is 0.368. The van der Waals surface area contributed by atoms with Crippen molar-refractivity contribution >= 4 is 35.0 Å². The van der Waals surface area contributed by atoms with Gasteiger partial charge in [-0.15, -0.1) is 0 Å². The number of rotatable bonds is 8. The molecule has 1 N–H and O–H groups in total. The third-order valence-electron chi connectivity index (χ3n) is 5.99. The Kier molecular flexibility index (Phi) is 8.69. The maximum atomic E-state index is 12.1. The van der Waals surface area contributed by atoms with E-state index in [1.165, 1.54) is 0 Å². The lowest BCUT2D eigenvalue weighted by molar-refractivity contribution is 0.199. The minimum atomic E-state index is -0.417. The standard InChI is InChI=1S/C27H29Cl2N3O2/c28-24-9-6-10-25(26(24)29)32-19-17-31(18-20-32)16-5-4-15-30-27(33)34-23-13-11-22(12-14-23)21-7-2-1-3-8-21/h1-3,6-14H,4-5,15-20H2,(H,30,33). The van der Waals surface area contributed by atoms with Gasteiger partial charge in [0.25, 0.3) is 0 Å². The van der Waals surface area contributed by atoms with Crippen LogP contribution in [0.2, 0.25) is 10.0 Å². The van der Waals surface area contributed by atoms with Crippen molar-refractivity contribution in [3.8, 4) is 16.9 Å². The summed E-state index contributed by atoms with van der Waals surface area (Å²) in [5.74, 6) is 0.537. The first-order chi connectivity index (χ1) is 16.6. The molecule has 34 heavy (non-hydrogen) atoms. The Morgan fingerprint density at radius 3 is 2.26 bits per heavy atom. The number of anilines is 1. The Labute approximate surface area is 211 Å². The van der Waals surface area contributed by atoms with Crippen molar-refractivity contribution in [3.05, 3.63) is 82.8 Å². The molecule has 0 aromatic heterocycles. The van der Waals surface area contributed by atoms with E-state index in [9.17, 15) is 4.79 Å². The van der Waals surface area contributed by atoms with Crippen LogP contribution in [0.1, 0.15) is 12.8 Å². The fourth-order valence-electron chi connectivity index (χ4n) is 4.09.